The Balaban J connectivity index is 2.43. The minimum atomic E-state index is -4.52. The van der Waals surface area contributed by atoms with Crippen LogP contribution in [0.5, 0.6) is 5.75 Å². The largest absolute Gasteiger partial charge is 0.496 e. The number of ketones is 1. The Morgan fingerprint density at radius 3 is 2.12 bits per heavy atom. The molecule has 2 rings (SSSR count). The molecule has 2 aromatic rings. The van der Waals surface area contributed by atoms with Gasteiger partial charge in [-0.2, -0.15) is 21.6 Å². The average molecular weight is 360 g/mol. The van der Waals surface area contributed by atoms with Crippen molar-refractivity contribution in [2.75, 3.05) is 7.11 Å². The first-order chi connectivity index (χ1) is 11.0. The molecule has 5 nitrogen and oxygen atoms in total. The lowest BCUT2D eigenvalue weighted by molar-refractivity contribution is -0.137. The topological polar surface area (TPSA) is 80.7 Å². The number of benzene rings is 2. The quantitative estimate of drug-likeness (QED) is 0.669. The summed E-state index contributed by atoms with van der Waals surface area (Å²) in [5.41, 5.74) is -0.974. The van der Waals surface area contributed by atoms with Crippen LogP contribution >= 0.6 is 0 Å². The first kappa shape index (κ1) is 18.0. The van der Waals surface area contributed by atoms with Crippen LogP contribution in [0.1, 0.15) is 21.5 Å². The van der Waals surface area contributed by atoms with Gasteiger partial charge >= 0.3 is 6.18 Å². The van der Waals surface area contributed by atoms with Crippen molar-refractivity contribution in [1.29, 1.82) is 0 Å². The van der Waals surface area contributed by atoms with Gasteiger partial charge in [-0.05, 0) is 24.3 Å². The van der Waals surface area contributed by atoms with Gasteiger partial charge in [-0.15, -0.1) is 0 Å². The zero-order valence-electron chi connectivity index (χ0n) is 12.2. The van der Waals surface area contributed by atoms with Gasteiger partial charge in [0.1, 0.15) is 5.75 Å². The van der Waals surface area contributed by atoms with Crippen molar-refractivity contribution in [3.63, 3.8) is 0 Å². The Bertz CT molecular complexity index is 871. The summed E-state index contributed by atoms with van der Waals surface area (Å²) in [6.07, 6.45) is -4.52. The van der Waals surface area contributed by atoms with Crippen molar-refractivity contribution >= 4 is 15.9 Å². The Morgan fingerprint density at radius 2 is 1.67 bits per heavy atom. The van der Waals surface area contributed by atoms with Gasteiger partial charge in [-0.3, -0.25) is 9.35 Å². The fraction of sp³-hybridized carbons (Fsp3) is 0.133. The van der Waals surface area contributed by atoms with E-state index in [0.717, 1.165) is 42.5 Å². The monoisotopic (exact) mass is 360 g/mol. The number of hydrogen-bond donors (Lipinski definition) is 1. The zero-order chi connectivity index (χ0) is 18.1. The third-order valence-corrected chi connectivity index (χ3v) is 4.04. The molecule has 2 aromatic carbocycles. The van der Waals surface area contributed by atoms with Crippen LogP contribution in [0.25, 0.3) is 0 Å². The number of carbonyl (C=O) groups is 1. The van der Waals surface area contributed by atoms with E-state index in [-0.39, 0.29) is 16.9 Å². The summed E-state index contributed by atoms with van der Waals surface area (Å²) in [4.78, 5) is 11.9. The zero-order valence-corrected chi connectivity index (χ0v) is 13.0. The average Bonchev–Trinajstić information content (AvgIpc) is 2.52. The minimum Gasteiger partial charge on any atom is -0.496 e. The summed E-state index contributed by atoms with van der Waals surface area (Å²) >= 11 is 0. The van der Waals surface area contributed by atoms with Crippen LogP contribution in [-0.2, 0) is 16.3 Å². The minimum absolute atomic E-state index is 0.0269. The normalized spacial score (nSPS) is 12.0. The van der Waals surface area contributed by atoms with Crippen molar-refractivity contribution in [1.82, 2.24) is 0 Å². The van der Waals surface area contributed by atoms with E-state index in [0.29, 0.717) is 0 Å². The second-order valence-corrected chi connectivity index (χ2v) is 6.16. The van der Waals surface area contributed by atoms with Crippen molar-refractivity contribution in [3.05, 3.63) is 59.2 Å². The Hall–Kier alpha value is -2.39. The molecule has 0 radical (unpaired) electrons. The molecule has 0 heterocycles. The summed E-state index contributed by atoms with van der Waals surface area (Å²) in [5.74, 6) is -0.780. The van der Waals surface area contributed by atoms with E-state index in [1.807, 2.05) is 0 Å². The van der Waals surface area contributed by atoms with Crippen LogP contribution in [0.3, 0.4) is 0 Å². The van der Waals surface area contributed by atoms with Gasteiger partial charge in [0.25, 0.3) is 10.1 Å². The molecule has 0 unspecified atom stereocenters. The molecule has 0 spiro atoms. The van der Waals surface area contributed by atoms with Crippen molar-refractivity contribution in [2.45, 2.75) is 11.1 Å². The number of carbonyl (C=O) groups excluding carboxylic acids is 1. The molecule has 0 aliphatic carbocycles. The second kappa shape index (κ2) is 6.25. The molecule has 0 aliphatic rings. The number of alkyl halides is 3. The summed E-state index contributed by atoms with van der Waals surface area (Å²) in [5, 5.41) is 0. The summed E-state index contributed by atoms with van der Waals surface area (Å²) in [6, 6.07) is 6.63. The maximum absolute atomic E-state index is 12.5. The predicted octanol–water partition coefficient (Wildman–Crippen LogP) is 3.19. The fourth-order valence-corrected chi connectivity index (χ4v) is 2.48. The molecule has 0 bridgehead atoms. The van der Waals surface area contributed by atoms with Gasteiger partial charge in [0.2, 0.25) is 0 Å². The first-order valence-electron chi connectivity index (χ1n) is 6.41. The van der Waals surface area contributed by atoms with E-state index >= 15 is 0 Å². The number of hydrogen-bond acceptors (Lipinski definition) is 4. The highest BCUT2D eigenvalue weighted by Crippen LogP contribution is 2.30. The number of rotatable bonds is 4. The molecule has 0 saturated carbocycles. The lowest BCUT2D eigenvalue weighted by atomic mass is 10.0. The second-order valence-electron chi connectivity index (χ2n) is 4.74. The van der Waals surface area contributed by atoms with Gasteiger partial charge in [0.15, 0.2) is 5.78 Å². The van der Waals surface area contributed by atoms with Crippen molar-refractivity contribution < 1.29 is 35.7 Å². The van der Waals surface area contributed by atoms with E-state index in [9.17, 15) is 26.4 Å². The third-order valence-electron chi connectivity index (χ3n) is 3.19. The van der Waals surface area contributed by atoms with Crippen LogP contribution in [-0.4, -0.2) is 25.9 Å². The maximum Gasteiger partial charge on any atom is 0.416 e. The molecular formula is C15H11F3O5S. The number of halogens is 3. The Kier molecular flexibility index (Phi) is 4.68. The molecule has 0 aliphatic heterocycles. The van der Waals surface area contributed by atoms with Crippen molar-refractivity contribution in [2.24, 2.45) is 0 Å². The SMILES string of the molecule is COc1cc(S(=O)(=O)O)ccc1C(=O)c1ccc(C(F)(F)F)cc1. The molecule has 0 saturated heterocycles. The standard InChI is InChI=1S/C15H11F3O5S/c1-23-13-8-11(24(20,21)22)6-7-12(13)14(19)9-2-4-10(5-3-9)15(16,17)18/h2-8H,1H3,(H,20,21,22). The Morgan fingerprint density at radius 1 is 1.08 bits per heavy atom. The predicted molar refractivity (Wildman–Crippen MR) is 77.7 cm³/mol. The van der Waals surface area contributed by atoms with Crippen LogP contribution < -0.4 is 4.74 Å². The van der Waals surface area contributed by atoms with Gasteiger partial charge < -0.3 is 4.74 Å². The van der Waals surface area contributed by atoms with Crippen LogP contribution in [0, 0.1) is 0 Å². The molecule has 0 amide bonds. The highest BCUT2D eigenvalue weighted by atomic mass is 32.2. The first-order valence-corrected chi connectivity index (χ1v) is 7.85. The smallest absolute Gasteiger partial charge is 0.416 e. The lowest BCUT2D eigenvalue weighted by Gasteiger charge is -2.10. The number of ether oxygens (including phenoxy) is 1. The molecule has 0 atom stereocenters. The molecule has 128 valence electrons. The van der Waals surface area contributed by atoms with Gasteiger partial charge in [0.05, 0.1) is 23.1 Å². The Labute approximate surface area is 135 Å². The highest BCUT2D eigenvalue weighted by Gasteiger charge is 2.30. The highest BCUT2D eigenvalue weighted by molar-refractivity contribution is 7.85. The van der Waals surface area contributed by atoms with E-state index in [4.69, 9.17) is 9.29 Å². The third kappa shape index (κ3) is 3.74. The summed E-state index contributed by atoms with van der Waals surface area (Å²) < 4.78 is 73.7. The van der Waals surface area contributed by atoms with E-state index in [1.165, 1.54) is 7.11 Å². The summed E-state index contributed by atoms with van der Waals surface area (Å²) in [7, 11) is -3.29. The lowest BCUT2D eigenvalue weighted by Crippen LogP contribution is -2.08. The van der Waals surface area contributed by atoms with Crippen LogP contribution in [0.2, 0.25) is 0 Å². The van der Waals surface area contributed by atoms with E-state index in [2.05, 4.69) is 0 Å². The van der Waals surface area contributed by atoms with Gasteiger partial charge in [-0.1, -0.05) is 12.1 Å². The molecule has 9 heteroatoms. The molecule has 0 fully saturated rings. The molecule has 0 aromatic heterocycles. The summed E-state index contributed by atoms with van der Waals surface area (Å²) in [6.45, 7) is 0. The van der Waals surface area contributed by atoms with E-state index in [1.54, 1.807) is 0 Å². The van der Waals surface area contributed by atoms with Gasteiger partial charge in [-0.25, -0.2) is 0 Å². The molecular weight excluding hydrogens is 349 g/mol. The van der Waals surface area contributed by atoms with E-state index < -0.39 is 32.5 Å². The fourth-order valence-electron chi connectivity index (χ4n) is 1.99. The molecule has 24 heavy (non-hydrogen) atoms. The van der Waals surface area contributed by atoms with Crippen LogP contribution in [0.4, 0.5) is 13.2 Å². The maximum atomic E-state index is 12.5. The number of methoxy groups -OCH3 is 1. The van der Waals surface area contributed by atoms with Crippen LogP contribution in [0.15, 0.2) is 47.4 Å². The molecule has 1 N–H and O–H groups in total. The van der Waals surface area contributed by atoms with Gasteiger partial charge in [0, 0.05) is 11.6 Å². The van der Waals surface area contributed by atoms with Crippen molar-refractivity contribution in [3.8, 4) is 5.75 Å².